The van der Waals surface area contributed by atoms with Crippen LogP contribution in [0.5, 0.6) is 0 Å². The van der Waals surface area contributed by atoms with Crippen LogP contribution in [-0.2, 0) is 24.9 Å². The number of allylic oxidation sites excluding steroid dienone is 2. The fraction of sp³-hybridized carbons (Fsp3) is 0.182. The molecule has 1 radical (unpaired) electrons. The predicted molar refractivity (Wildman–Crippen MR) is 103 cm³/mol. The maximum absolute atomic E-state index is 10.0. The summed E-state index contributed by atoms with van der Waals surface area (Å²) in [4.78, 5) is 14.8. The van der Waals surface area contributed by atoms with Crippen molar-refractivity contribution in [1.29, 1.82) is 0 Å². The van der Waals surface area contributed by atoms with Crippen LogP contribution in [-0.4, -0.2) is 15.9 Å². The fourth-order valence-corrected chi connectivity index (χ4v) is 2.55. The largest absolute Gasteiger partial charge is 0.512 e. The molecule has 0 aliphatic rings. The van der Waals surface area contributed by atoms with E-state index in [-0.39, 0.29) is 31.6 Å². The minimum absolute atomic E-state index is 0. The van der Waals surface area contributed by atoms with E-state index in [1.54, 1.807) is 0 Å². The maximum atomic E-state index is 10.0. The third kappa shape index (κ3) is 5.90. The Balaban J connectivity index is 0.000000366. The van der Waals surface area contributed by atoms with E-state index < -0.39 is 0 Å². The molecule has 0 amide bonds. The van der Waals surface area contributed by atoms with Crippen molar-refractivity contribution < 1.29 is 30.0 Å². The number of benzene rings is 2. The van der Waals surface area contributed by atoms with Crippen LogP contribution < -0.4 is 0 Å². The van der Waals surface area contributed by atoms with Crippen molar-refractivity contribution in [1.82, 2.24) is 4.98 Å². The van der Waals surface area contributed by atoms with Gasteiger partial charge in [0, 0.05) is 31.6 Å². The van der Waals surface area contributed by atoms with Crippen LogP contribution in [0.4, 0.5) is 0 Å². The van der Waals surface area contributed by atoms with Gasteiger partial charge >= 0.3 is 0 Å². The Hall–Kier alpha value is -2.29. The first-order valence-corrected chi connectivity index (χ1v) is 8.10. The zero-order chi connectivity index (χ0) is 18.4. The molecule has 0 saturated heterocycles. The zero-order valence-electron chi connectivity index (χ0n) is 15.3. The molecule has 0 fully saturated rings. The van der Waals surface area contributed by atoms with Crippen LogP contribution in [0.15, 0.2) is 60.4 Å². The molecule has 1 N–H and O–H groups in total. The Morgan fingerprint density at radius 3 is 2.35 bits per heavy atom. The molecule has 1 heterocycles. The monoisotopic (exact) mass is 525 g/mol. The number of carbonyl (C=O) groups is 1. The Morgan fingerprint density at radius 1 is 1.08 bits per heavy atom. The van der Waals surface area contributed by atoms with E-state index in [1.165, 1.54) is 36.4 Å². The van der Waals surface area contributed by atoms with Gasteiger partial charge < -0.3 is 5.11 Å². The van der Waals surface area contributed by atoms with Gasteiger partial charge in [-0.1, -0.05) is 23.8 Å². The van der Waals surface area contributed by atoms with Gasteiger partial charge in [-0.3, -0.25) is 9.78 Å². The van der Waals surface area contributed by atoms with Crippen molar-refractivity contribution >= 4 is 16.7 Å². The molecule has 4 heteroatoms. The van der Waals surface area contributed by atoms with Gasteiger partial charge in [-0.15, -0.1) is 35.9 Å². The van der Waals surface area contributed by atoms with Gasteiger partial charge in [-0.2, -0.15) is 0 Å². The van der Waals surface area contributed by atoms with E-state index in [0.29, 0.717) is 0 Å². The SMILES string of the molecule is CC(=O)C=C(C)O.Cc1cc2c(C)cccc2nc1-c1[c-]cccc1.[Ir]. The second-order valence-electron chi connectivity index (χ2n) is 5.97. The Morgan fingerprint density at radius 2 is 1.81 bits per heavy atom. The number of hydrogen-bond acceptors (Lipinski definition) is 3. The summed E-state index contributed by atoms with van der Waals surface area (Å²) in [6.45, 7) is 7.08. The molecular weight excluding hydrogens is 502 g/mol. The quantitative estimate of drug-likeness (QED) is 0.279. The molecule has 0 bridgehead atoms. The molecular formula is C22H22IrNO2-. The van der Waals surface area contributed by atoms with Crippen LogP contribution >= 0.6 is 0 Å². The van der Waals surface area contributed by atoms with Crippen molar-refractivity contribution in [2.24, 2.45) is 0 Å². The number of aliphatic hydroxyl groups is 1. The summed E-state index contributed by atoms with van der Waals surface area (Å²) in [5.74, 6) is -0.0625. The third-order valence-electron chi connectivity index (χ3n) is 3.64. The van der Waals surface area contributed by atoms with Crippen LogP contribution in [0.3, 0.4) is 0 Å². The van der Waals surface area contributed by atoms with Crippen molar-refractivity contribution in [3.63, 3.8) is 0 Å². The zero-order valence-corrected chi connectivity index (χ0v) is 17.7. The molecule has 0 aliphatic carbocycles. The van der Waals surface area contributed by atoms with Crippen LogP contribution in [0, 0.1) is 19.9 Å². The number of aliphatic hydroxyl groups excluding tert-OH is 1. The molecule has 0 spiro atoms. The number of aromatic nitrogens is 1. The first kappa shape index (κ1) is 21.8. The number of aryl methyl sites for hydroxylation is 2. The average Bonchev–Trinajstić information content (AvgIpc) is 2.55. The maximum Gasteiger partial charge on any atom is 0.155 e. The van der Waals surface area contributed by atoms with Gasteiger partial charge in [0.2, 0.25) is 0 Å². The smallest absolute Gasteiger partial charge is 0.155 e. The number of nitrogens with zero attached hydrogens (tertiary/aromatic N) is 1. The first-order valence-electron chi connectivity index (χ1n) is 8.10. The number of hydrogen-bond donors (Lipinski definition) is 1. The number of carbonyl (C=O) groups excluding carboxylic acids is 1. The van der Waals surface area contributed by atoms with E-state index in [0.717, 1.165) is 16.8 Å². The van der Waals surface area contributed by atoms with E-state index in [1.807, 2.05) is 18.2 Å². The molecule has 3 aromatic rings. The Bertz CT molecular complexity index is 914. The second-order valence-corrected chi connectivity index (χ2v) is 5.97. The summed E-state index contributed by atoms with van der Waals surface area (Å²) in [7, 11) is 0. The summed E-state index contributed by atoms with van der Waals surface area (Å²) >= 11 is 0. The predicted octanol–water partition coefficient (Wildman–Crippen LogP) is 5.35. The molecule has 137 valence electrons. The van der Waals surface area contributed by atoms with Crippen LogP contribution in [0.1, 0.15) is 25.0 Å². The van der Waals surface area contributed by atoms with Crippen molar-refractivity contribution in [2.75, 3.05) is 0 Å². The number of pyridine rings is 1. The summed E-state index contributed by atoms with van der Waals surface area (Å²) in [5, 5.41) is 9.59. The minimum Gasteiger partial charge on any atom is -0.512 e. The molecule has 26 heavy (non-hydrogen) atoms. The van der Waals surface area contributed by atoms with Gasteiger partial charge in [0.25, 0.3) is 0 Å². The van der Waals surface area contributed by atoms with E-state index in [9.17, 15) is 4.79 Å². The van der Waals surface area contributed by atoms with Gasteiger partial charge in [0.05, 0.1) is 11.3 Å². The van der Waals surface area contributed by atoms with Crippen LogP contribution in [0.25, 0.3) is 22.2 Å². The van der Waals surface area contributed by atoms with Crippen molar-refractivity contribution in [2.45, 2.75) is 27.7 Å². The fourth-order valence-electron chi connectivity index (χ4n) is 2.55. The van der Waals surface area contributed by atoms with E-state index in [2.05, 4.69) is 50.2 Å². The van der Waals surface area contributed by atoms with Gasteiger partial charge in [-0.25, -0.2) is 0 Å². The van der Waals surface area contributed by atoms with Gasteiger partial charge in [0.1, 0.15) is 0 Å². The molecule has 0 atom stereocenters. The molecule has 0 aliphatic heterocycles. The van der Waals surface area contributed by atoms with E-state index >= 15 is 0 Å². The Labute approximate surface area is 168 Å². The first-order chi connectivity index (χ1) is 11.9. The van der Waals surface area contributed by atoms with Crippen molar-refractivity contribution in [3.05, 3.63) is 77.6 Å². The summed E-state index contributed by atoms with van der Waals surface area (Å²) < 4.78 is 0. The summed E-state index contributed by atoms with van der Waals surface area (Å²) in [6.07, 6.45) is 1.17. The Kier molecular flexibility index (Phi) is 8.37. The molecule has 0 unspecified atom stereocenters. The second kappa shape index (κ2) is 10.0. The molecule has 2 aromatic carbocycles. The molecule has 0 saturated carbocycles. The molecule has 3 nitrogen and oxygen atoms in total. The average molecular weight is 525 g/mol. The summed E-state index contributed by atoms with van der Waals surface area (Å²) in [6, 6.07) is 19.7. The summed E-state index contributed by atoms with van der Waals surface area (Å²) in [5.41, 5.74) is 5.59. The standard InChI is InChI=1S/C17H14N.C5H8O2.Ir/c1-12-7-6-10-16-15(12)11-13(2)17(18-16)14-8-4-3-5-9-14;1-4(6)3-5(2)7;/h3-8,10-11H,1-2H3;3,6H,1-2H3;/q-1;;. The molecule has 3 rings (SSSR count). The van der Waals surface area contributed by atoms with E-state index in [4.69, 9.17) is 10.1 Å². The number of ketones is 1. The van der Waals surface area contributed by atoms with Crippen LogP contribution in [0.2, 0.25) is 0 Å². The van der Waals surface area contributed by atoms with Gasteiger partial charge in [0.15, 0.2) is 5.78 Å². The number of rotatable bonds is 2. The topological polar surface area (TPSA) is 50.2 Å². The molecule has 1 aromatic heterocycles. The number of fused-ring (bicyclic) bond motifs is 1. The normalized spacial score (nSPS) is 10.5. The minimum atomic E-state index is -0.125. The van der Waals surface area contributed by atoms with Crippen molar-refractivity contribution in [3.8, 4) is 11.3 Å². The third-order valence-corrected chi connectivity index (χ3v) is 3.64. The van der Waals surface area contributed by atoms with Gasteiger partial charge in [-0.05, 0) is 45.0 Å².